The highest BCUT2D eigenvalue weighted by Gasteiger charge is 2.29. The molecule has 0 aromatic heterocycles. The summed E-state index contributed by atoms with van der Waals surface area (Å²) >= 11 is 0. The van der Waals surface area contributed by atoms with Gasteiger partial charge in [-0.15, -0.1) is 12.4 Å². The van der Waals surface area contributed by atoms with Gasteiger partial charge in [0.1, 0.15) is 0 Å². The van der Waals surface area contributed by atoms with E-state index in [9.17, 15) is 4.79 Å². The predicted molar refractivity (Wildman–Crippen MR) is 64.5 cm³/mol. The van der Waals surface area contributed by atoms with Crippen LogP contribution >= 0.6 is 12.4 Å². The molecule has 0 aromatic rings. The molecule has 1 heterocycles. The summed E-state index contributed by atoms with van der Waals surface area (Å²) in [7, 11) is 0. The predicted octanol–water partition coefficient (Wildman–Crippen LogP) is 0.831. The van der Waals surface area contributed by atoms with Crippen molar-refractivity contribution in [1.82, 2.24) is 5.32 Å². The summed E-state index contributed by atoms with van der Waals surface area (Å²) in [5.41, 5.74) is 5.95. The Kier molecular flexibility index (Phi) is 5.52. The Hall–Kier alpha value is -0.320. The van der Waals surface area contributed by atoms with Gasteiger partial charge in [0.25, 0.3) is 0 Å². The van der Waals surface area contributed by atoms with Crippen LogP contribution in [0.15, 0.2) is 0 Å². The molecule has 2 rings (SSSR count). The van der Waals surface area contributed by atoms with E-state index in [-0.39, 0.29) is 24.4 Å². The SMILES string of the molecule is Cl.NC(C(=O)NC1CCC1)C1CCOCC1. The molecule has 0 bridgehead atoms. The van der Waals surface area contributed by atoms with Gasteiger partial charge in [0.2, 0.25) is 5.91 Å². The van der Waals surface area contributed by atoms with Crippen molar-refractivity contribution < 1.29 is 9.53 Å². The summed E-state index contributed by atoms with van der Waals surface area (Å²) in [6.45, 7) is 1.49. The van der Waals surface area contributed by atoms with Gasteiger partial charge >= 0.3 is 0 Å². The average Bonchev–Trinajstić information content (AvgIpc) is 2.23. The molecule has 1 aliphatic carbocycles. The molecule has 94 valence electrons. The maximum Gasteiger partial charge on any atom is 0.237 e. The number of carbonyl (C=O) groups excluding carboxylic acids is 1. The van der Waals surface area contributed by atoms with Crippen LogP contribution in [-0.4, -0.2) is 31.2 Å². The molecule has 1 amide bonds. The zero-order valence-electron chi connectivity index (χ0n) is 9.48. The second kappa shape index (κ2) is 6.42. The van der Waals surface area contributed by atoms with Crippen molar-refractivity contribution in [3.63, 3.8) is 0 Å². The quantitative estimate of drug-likeness (QED) is 0.778. The number of halogens is 1. The molecule has 16 heavy (non-hydrogen) atoms. The zero-order valence-corrected chi connectivity index (χ0v) is 10.3. The third kappa shape index (κ3) is 3.34. The molecule has 2 fully saturated rings. The number of nitrogens with one attached hydrogen (secondary N) is 1. The van der Waals surface area contributed by atoms with E-state index in [0.717, 1.165) is 38.9 Å². The third-order valence-electron chi connectivity index (χ3n) is 3.53. The zero-order chi connectivity index (χ0) is 10.7. The molecule has 3 N–H and O–H groups in total. The fourth-order valence-corrected chi connectivity index (χ4v) is 2.14. The highest BCUT2D eigenvalue weighted by Crippen LogP contribution is 2.20. The highest BCUT2D eigenvalue weighted by molar-refractivity contribution is 5.85. The molecule has 0 radical (unpaired) electrons. The number of ether oxygens (including phenoxy) is 1. The molecule has 1 aliphatic heterocycles. The van der Waals surface area contributed by atoms with Gasteiger partial charge in [-0.05, 0) is 38.0 Å². The van der Waals surface area contributed by atoms with Crippen LogP contribution in [0.4, 0.5) is 0 Å². The fraction of sp³-hybridized carbons (Fsp3) is 0.909. The molecule has 1 saturated heterocycles. The van der Waals surface area contributed by atoms with E-state index in [0.29, 0.717) is 12.0 Å². The monoisotopic (exact) mass is 248 g/mol. The number of rotatable bonds is 3. The van der Waals surface area contributed by atoms with Crippen LogP contribution in [0.3, 0.4) is 0 Å². The first-order valence-electron chi connectivity index (χ1n) is 5.91. The second-order valence-electron chi connectivity index (χ2n) is 4.61. The van der Waals surface area contributed by atoms with E-state index in [1.165, 1.54) is 6.42 Å². The summed E-state index contributed by atoms with van der Waals surface area (Å²) in [5, 5.41) is 3.01. The van der Waals surface area contributed by atoms with Crippen molar-refractivity contribution in [1.29, 1.82) is 0 Å². The summed E-state index contributed by atoms with van der Waals surface area (Å²) in [5.74, 6) is 0.338. The highest BCUT2D eigenvalue weighted by atomic mass is 35.5. The molecule has 0 aromatic carbocycles. The topological polar surface area (TPSA) is 64.4 Å². The van der Waals surface area contributed by atoms with E-state index in [1.807, 2.05) is 0 Å². The molecule has 2 aliphatic rings. The molecule has 1 unspecified atom stereocenters. The van der Waals surface area contributed by atoms with Crippen molar-refractivity contribution in [2.24, 2.45) is 11.7 Å². The van der Waals surface area contributed by atoms with Crippen LogP contribution < -0.4 is 11.1 Å². The Morgan fingerprint density at radius 3 is 2.38 bits per heavy atom. The van der Waals surface area contributed by atoms with E-state index in [4.69, 9.17) is 10.5 Å². The van der Waals surface area contributed by atoms with E-state index in [1.54, 1.807) is 0 Å². The minimum Gasteiger partial charge on any atom is -0.381 e. The van der Waals surface area contributed by atoms with Gasteiger partial charge in [-0.2, -0.15) is 0 Å². The van der Waals surface area contributed by atoms with E-state index in [2.05, 4.69) is 5.32 Å². The minimum atomic E-state index is -0.338. The first kappa shape index (κ1) is 13.7. The minimum absolute atomic E-state index is 0. The van der Waals surface area contributed by atoms with Gasteiger partial charge in [0, 0.05) is 19.3 Å². The molecule has 1 saturated carbocycles. The van der Waals surface area contributed by atoms with Gasteiger partial charge in [0.15, 0.2) is 0 Å². The molecule has 5 heteroatoms. The van der Waals surface area contributed by atoms with Gasteiger partial charge in [-0.1, -0.05) is 0 Å². The Balaban J connectivity index is 0.00000128. The first-order chi connectivity index (χ1) is 7.27. The molecule has 4 nitrogen and oxygen atoms in total. The van der Waals surface area contributed by atoms with Crippen molar-refractivity contribution in [3.05, 3.63) is 0 Å². The standard InChI is InChI=1S/C11H20N2O2.ClH/c12-10(8-4-6-15-7-5-8)11(14)13-9-2-1-3-9;/h8-10H,1-7,12H2,(H,13,14);1H. The van der Waals surface area contributed by atoms with Crippen LogP contribution in [-0.2, 0) is 9.53 Å². The van der Waals surface area contributed by atoms with Crippen molar-refractivity contribution in [2.45, 2.75) is 44.2 Å². The third-order valence-corrected chi connectivity index (χ3v) is 3.53. The number of hydrogen-bond acceptors (Lipinski definition) is 3. The molecule has 0 spiro atoms. The number of hydrogen-bond donors (Lipinski definition) is 2. The Morgan fingerprint density at radius 1 is 1.25 bits per heavy atom. The fourth-order valence-electron chi connectivity index (χ4n) is 2.14. The van der Waals surface area contributed by atoms with E-state index >= 15 is 0 Å². The van der Waals surface area contributed by atoms with E-state index < -0.39 is 0 Å². The number of carbonyl (C=O) groups is 1. The maximum absolute atomic E-state index is 11.8. The average molecular weight is 249 g/mol. The van der Waals surface area contributed by atoms with Crippen LogP contribution in [0, 0.1) is 5.92 Å². The maximum atomic E-state index is 11.8. The second-order valence-corrected chi connectivity index (χ2v) is 4.61. The smallest absolute Gasteiger partial charge is 0.237 e. The van der Waals surface area contributed by atoms with Crippen LogP contribution in [0.1, 0.15) is 32.1 Å². The van der Waals surface area contributed by atoms with Gasteiger partial charge in [-0.3, -0.25) is 4.79 Å². The summed E-state index contributed by atoms with van der Waals surface area (Å²) in [6, 6.07) is 0.0536. The van der Waals surface area contributed by atoms with Crippen LogP contribution in [0.25, 0.3) is 0 Å². The Labute approximate surface area is 103 Å². The number of amides is 1. The van der Waals surface area contributed by atoms with Crippen LogP contribution in [0.5, 0.6) is 0 Å². The van der Waals surface area contributed by atoms with Crippen molar-refractivity contribution in [3.8, 4) is 0 Å². The van der Waals surface area contributed by atoms with Crippen LogP contribution in [0.2, 0.25) is 0 Å². The van der Waals surface area contributed by atoms with Gasteiger partial charge in [-0.25, -0.2) is 0 Å². The lowest BCUT2D eigenvalue weighted by atomic mass is 9.89. The largest absolute Gasteiger partial charge is 0.381 e. The summed E-state index contributed by atoms with van der Waals surface area (Å²) in [6.07, 6.45) is 5.30. The normalized spacial score (nSPS) is 24.1. The Bertz CT molecular complexity index is 228. The Morgan fingerprint density at radius 2 is 1.88 bits per heavy atom. The molecular weight excluding hydrogens is 228 g/mol. The van der Waals surface area contributed by atoms with Crippen molar-refractivity contribution in [2.75, 3.05) is 13.2 Å². The van der Waals surface area contributed by atoms with Gasteiger partial charge < -0.3 is 15.8 Å². The lowest BCUT2D eigenvalue weighted by Crippen LogP contribution is -2.51. The molecule has 1 atom stereocenters. The lowest BCUT2D eigenvalue weighted by molar-refractivity contribution is -0.125. The van der Waals surface area contributed by atoms with Gasteiger partial charge in [0.05, 0.1) is 6.04 Å². The summed E-state index contributed by atoms with van der Waals surface area (Å²) in [4.78, 5) is 11.8. The number of nitrogens with two attached hydrogens (primary N) is 1. The van der Waals surface area contributed by atoms with Crippen molar-refractivity contribution >= 4 is 18.3 Å². The summed E-state index contributed by atoms with van der Waals surface area (Å²) < 4.78 is 5.26. The lowest BCUT2D eigenvalue weighted by Gasteiger charge is -2.31. The molecular formula is C11H21ClN2O2. The first-order valence-corrected chi connectivity index (χ1v) is 5.91.